The minimum Gasteiger partial charge on any atom is -0.447 e. The summed E-state index contributed by atoms with van der Waals surface area (Å²) in [6.45, 7) is 3.19. The summed E-state index contributed by atoms with van der Waals surface area (Å²) in [5.74, 6) is -5.77. The molecule has 2 amide bonds. The van der Waals surface area contributed by atoms with E-state index in [4.69, 9.17) is 4.74 Å². The predicted molar refractivity (Wildman–Crippen MR) is 139 cm³/mol. The van der Waals surface area contributed by atoms with Crippen LogP contribution in [0.25, 0.3) is 0 Å². The quantitative estimate of drug-likeness (QED) is 0.373. The van der Waals surface area contributed by atoms with Crippen molar-refractivity contribution in [3.8, 4) is 6.07 Å². The summed E-state index contributed by atoms with van der Waals surface area (Å²) in [5.41, 5.74) is -1.00. The summed E-state index contributed by atoms with van der Waals surface area (Å²) in [4.78, 5) is 29.6. The van der Waals surface area contributed by atoms with Gasteiger partial charge in [0.05, 0.1) is 24.1 Å². The van der Waals surface area contributed by atoms with Crippen LogP contribution in [0.4, 0.5) is 18.0 Å². The number of amides is 2. The molecule has 4 rings (SSSR count). The third-order valence-corrected chi connectivity index (χ3v) is 8.69. The van der Waals surface area contributed by atoms with E-state index < -0.39 is 54.4 Å². The van der Waals surface area contributed by atoms with Gasteiger partial charge in [-0.05, 0) is 70.1 Å². The lowest BCUT2D eigenvalue weighted by molar-refractivity contribution is -0.140. The third-order valence-electron chi connectivity index (χ3n) is 8.69. The van der Waals surface area contributed by atoms with Crippen molar-refractivity contribution in [1.82, 2.24) is 15.1 Å². The summed E-state index contributed by atoms with van der Waals surface area (Å²) >= 11 is 0. The highest BCUT2D eigenvalue weighted by atomic mass is 19.3. The molecule has 1 aromatic rings. The van der Waals surface area contributed by atoms with Crippen LogP contribution < -0.4 is 5.32 Å². The Morgan fingerprint density at radius 3 is 2.42 bits per heavy atom. The smallest absolute Gasteiger partial charge is 0.447 e. The van der Waals surface area contributed by atoms with Gasteiger partial charge in [0.2, 0.25) is 5.91 Å². The van der Waals surface area contributed by atoms with Gasteiger partial charge in [0.25, 0.3) is 5.92 Å². The van der Waals surface area contributed by atoms with Gasteiger partial charge in [0, 0.05) is 24.5 Å². The topological polar surface area (TPSA) is 126 Å². The van der Waals surface area contributed by atoms with E-state index in [1.807, 2.05) is 0 Å². The number of rotatable bonds is 10. The number of hydrogen-bond acceptors (Lipinski definition) is 7. The van der Waals surface area contributed by atoms with Crippen LogP contribution in [0.15, 0.2) is 24.3 Å². The Balaban J connectivity index is 1.38. The molecule has 3 fully saturated rings. The summed E-state index contributed by atoms with van der Waals surface area (Å²) < 4.78 is 46.3. The van der Waals surface area contributed by atoms with Crippen LogP contribution in [-0.4, -0.2) is 87.6 Å². The molecular formula is C27H36BF3N4O5. The number of alkyl halides is 2. The van der Waals surface area contributed by atoms with Crippen LogP contribution in [0.2, 0.25) is 0 Å². The van der Waals surface area contributed by atoms with Gasteiger partial charge < -0.3 is 25.0 Å². The monoisotopic (exact) mass is 564 g/mol. The molecule has 0 spiro atoms. The zero-order valence-corrected chi connectivity index (χ0v) is 22.8. The van der Waals surface area contributed by atoms with Crippen molar-refractivity contribution in [2.45, 2.75) is 87.8 Å². The molecule has 2 atom stereocenters. The number of nitrogens with zero attached hydrogens (tertiary/aromatic N) is 3. The SMILES string of the molecule is CC(C)(CC(C#N)C(=O)N1C2CCC1(COC(=O)N[C@@H](Cc1ccc(F)cc1)B(O)O)CC2)N1CCC(F)(F)C1. The first kappa shape index (κ1) is 30.2. The van der Waals surface area contributed by atoms with E-state index in [2.05, 4.69) is 11.4 Å². The Bertz CT molecular complexity index is 1120. The highest BCUT2D eigenvalue weighted by Crippen LogP contribution is 2.48. The number of halogens is 3. The average molecular weight is 564 g/mol. The molecule has 3 aliphatic rings. The largest absolute Gasteiger partial charge is 0.475 e. The van der Waals surface area contributed by atoms with Crippen molar-refractivity contribution < 1.29 is 37.5 Å². The number of hydrogen-bond donors (Lipinski definition) is 3. The number of nitrogens with one attached hydrogen (secondary N) is 1. The van der Waals surface area contributed by atoms with E-state index in [0.717, 1.165) is 0 Å². The molecule has 1 aromatic carbocycles. The standard InChI is InChI=1S/C27H36BF3N4O5/c1-25(2,34-12-11-27(30,31)16-34)14-19(15-32)23(36)35-21-7-9-26(35,10-8-21)17-40-24(37)33-22(28(38)39)13-18-3-5-20(29)6-4-18/h3-6,19,21-22,38-39H,7-14,16-17H2,1-2H3,(H,33,37)/t19?,21?,22-,26?/m0/s1. The van der Waals surface area contributed by atoms with Gasteiger partial charge >= 0.3 is 13.2 Å². The Hall–Kier alpha value is -2.82. The lowest BCUT2D eigenvalue weighted by atomic mass is 9.76. The Labute approximate surface area is 232 Å². The number of nitriles is 1. The molecule has 0 radical (unpaired) electrons. The lowest BCUT2D eigenvalue weighted by Crippen LogP contribution is -2.54. The first-order valence-corrected chi connectivity index (χ1v) is 13.6. The fourth-order valence-electron chi connectivity index (χ4n) is 6.39. The first-order valence-electron chi connectivity index (χ1n) is 13.6. The minimum absolute atomic E-state index is 0.0213. The normalized spacial score (nSPS) is 25.4. The molecular weight excluding hydrogens is 528 g/mol. The zero-order chi connectivity index (χ0) is 29.3. The third kappa shape index (κ3) is 6.56. The lowest BCUT2D eigenvalue weighted by Gasteiger charge is -2.39. The van der Waals surface area contributed by atoms with Crippen LogP contribution in [-0.2, 0) is 16.0 Å². The number of likely N-dealkylation sites (tertiary alicyclic amines) is 1. The second-order valence-electron chi connectivity index (χ2n) is 12.0. The number of carbonyl (C=O) groups excluding carboxylic acids is 2. The van der Waals surface area contributed by atoms with Gasteiger partial charge in [0.1, 0.15) is 18.3 Å². The zero-order valence-electron chi connectivity index (χ0n) is 22.8. The van der Waals surface area contributed by atoms with E-state index in [0.29, 0.717) is 31.2 Å². The molecule has 2 bridgehead atoms. The summed E-state index contributed by atoms with van der Waals surface area (Å²) in [6.07, 6.45) is 1.52. The van der Waals surface area contributed by atoms with Crippen molar-refractivity contribution in [3.63, 3.8) is 0 Å². The Morgan fingerprint density at radius 1 is 1.23 bits per heavy atom. The highest BCUT2D eigenvalue weighted by molar-refractivity contribution is 6.43. The number of benzene rings is 1. The van der Waals surface area contributed by atoms with E-state index in [9.17, 15) is 38.1 Å². The van der Waals surface area contributed by atoms with Crippen LogP contribution in [0.1, 0.15) is 57.9 Å². The molecule has 9 nitrogen and oxygen atoms in total. The van der Waals surface area contributed by atoms with E-state index in [-0.39, 0.29) is 44.4 Å². The number of fused-ring (bicyclic) bond motifs is 2. The van der Waals surface area contributed by atoms with Crippen molar-refractivity contribution in [2.75, 3.05) is 19.7 Å². The Kier molecular flexibility index (Phi) is 8.73. The minimum atomic E-state index is -2.79. The van der Waals surface area contributed by atoms with Gasteiger partial charge in [-0.15, -0.1) is 0 Å². The van der Waals surface area contributed by atoms with Crippen molar-refractivity contribution >= 4 is 19.1 Å². The van der Waals surface area contributed by atoms with E-state index >= 15 is 0 Å². The highest BCUT2D eigenvalue weighted by Gasteiger charge is 2.56. The fraction of sp³-hybridized carbons (Fsp3) is 0.667. The summed E-state index contributed by atoms with van der Waals surface area (Å²) in [5, 5.41) is 31.8. The average Bonchev–Trinajstić information content (AvgIpc) is 3.57. The second kappa shape index (κ2) is 11.6. The molecule has 3 saturated heterocycles. The molecule has 0 aliphatic carbocycles. The second-order valence-corrected chi connectivity index (χ2v) is 12.0. The number of carbonyl (C=O) groups is 2. The Morgan fingerprint density at radius 2 is 1.88 bits per heavy atom. The molecule has 3 heterocycles. The van der Waals surface area contributed by atoms with Gasteiger partial charge in [-0.2, -0.15) is 5.26 Å². The van der Waals surface area contributed by atoms with E-state index in [1.165, 1.54) is 24.3 Å². The van der Waals surface area contributed by atoms with Crippen LogP contribution in [0, 0.1) is 23.1 Å². The van der Waals surface area contributed by atoms with Crippen molar-refractivity contribution in [1.29, 1.82) is 5.26 Å². The summed E-state index contributed by atoms with van der Waals surface area (Å²) in [6, 6.07) is 7.39. The van der Waals surface area contributed by atoms with Crippen LogP contribution in [0.5, 0.6) is 0 Å². The van der Waals surface area contributed by atoms with Crippen LogP contribution in [0.3, 0.4) is 0 Å². The fourth-order valence-corrected chi connectivity index (χ4v) is 6.39. The number of alkyl carbamates (subject to hydrolysis) is 1. The molecule has 13 heteroatoms. The maximum absolute atomic E-state index is 13.8. The van der Waals surface area contributed by atoms with E-state index in [1.54, 1.807) is 23.6 Å². The maximum Gasteiger partial charge on any atom is 0.475 e. The molecule has 3 aliphatic heterocycles. The molecule has 218 valence electrons. The van der Waals surface area contributed by atoms with Gasteiger partial charge in [-0.1, -0.05) is 12.1 Å². The van der Waals surface area contributed by atoms with Gasteiger partial charge in [-0.25, -0.2) is 18.0 Å². The van der Waals surface area contributed by atoms with Gasteiger partial charge in [0.15, 0.2) is 0 Å². The molecule has 0 aromatic heterocycles. The molecule has 0 saturated carbocycles. The van der Waals surface area contributed by atoms with Crippen molar-refractivity contribution in [2.24, 2.45) is 5.92 Å². The van der Waals surface area contributed by atoms with Gasteiger partial charge in [-0.3, -0.25) is 9.69 Å². The summed E-state index contributed by atoms with van der Waals surface area (Å²) in [7, 11) is -1.90. The van der Waals surface area contributed by atoms with Crippen LogP contribution >= 0.6 is 0 Å². The maximum atomic E-state index is 13.8. The first-order chi connectivity index (χ1) is 18.7. The number of ether oxygens (including phenoxy) is 1. The molecule has 40 heavy (non-hydrogen) atoms. The van der Waals surface area contributed by atoms with Crippen molar-refractivity contribution in [3.05, 3.63) is 35.6 Å². The molecule has 1 unspecified atom stereocenters. The molecule has 3 N–H and O–H groups in total. The predicted octanol–water partition coefficient (Wildman–Crippen LogP) is 2.65.